The Morgan fingerprint density at radius 3 is 2.74 bits per heavy atom. The van der Waals surface area contributed by atoms with Gasteiger partial charge in [0.15, 0.2) is 6.10 Å². The molecule has 7 heteroatoms. The monoisotopic (exact) mass is 315 g/mol. The summed E-state index contributed by atoms with van der Waals surface area (Å²) in [4.78, 5) is 25.8. The zero-order valence-corrected chi connectivity index (χ0v) is 12.9. The predicted molar refractivity (Wildman–Crippen MR) is 82.1 cm³/mol. The molecule has 0 saturated heterocycles. The molecule has 1 aromatic carbocycles. The highest BCUT2D eigenvalue weighted by Gasteiger charge is 2.33. The fourth-order valence-corrected chi connectivity index (χ4v) is 2.62. The molecule has 2 aromatic rings. The first-order valence-corrected chi connectivity index (χ1v) is 7.24. The zero-order valence-electron chi connectivity index (χ0n) is 12.9. The maximum Gasteiger partial charge on any atom is 0.260 e. The summed E-state index contributed by atoms with van der Waals surface area (Å²) >= 11 is 0. The molecule has 2 N–H and O–H groups in total. The van der Waals surface area contributed by atoms with Gasteiger partial charge in [-0.05, 0) is 26.0 Å². The Kier molecular flexibility index (Phi) is 3.77. The van der Waals surface area contributed by atoms with E-state index in [-0.39, 0.29) is 18.9 Å². The largest absolute Gasteiger partial charge is 0.477 e. The maximum atomic E-state index is 12.7. The lowest BCUT2D eigenvalue weighted by atomic mass is 10.1. The number of hydrogen-bond acceptors (Lipinski definition) is 5. The van der Waals surface area contributed by atoms with Gasteiger partial charge in [-0.15, -0.1) is 0 Å². The summed E-state index contributed by atoms with van der Waals surface area (Å²) in [5.74, 6) is 0.314. The van der Waals surface area contributed by atoms with E-state index in [4.69, 9.17) is 15.0 Å². The quantitative estimate of drug-likeness (QED) is 0.915. The van der Waals surface area contributed by atoms with Crippen molar-refractivity contribution in [2.45, 2.75) is 26.4 Å². The van der Waals surface area contributed by atoms with Gasteiger partial charge in [-0.25, -0.2) is 0 Å². The maximum absolute atomic E-state index is 12.7. The van der Waals surface area contributed by atoms with Crippen molar-refractivity contribution in [1.29, 1.82) is 0 Å². The topological polar surface area (TPSA) is 98.7 Å². The van der Waals surface area contributed by atoms with Crippen LogP contribution in [0, 0.1) is 13.8 Å². The van der Waals surface area contributed by atoms with E-state index in [1.54, 1.807) is 32.0 Å². The molecule has 0 bridgehead atoms. The Morgan fingerprint density at radius 1 is 1.35 bits per heavy atom. The third-order valence-electron chi connectivity index (χ3n) is 3.90. The van der Waals surface area contributed by atoms with Crippen LogP contribution in [0.1, 0.15) is 17.0 Å². The van der Waals surface area contributed by atoms with Crippen LogP contribution in [0.15, 0.2) is 28.8 Å². The number of ether oxygens (including phenoxy) is 1. The first-order chi connectivity index (χ1) is 11.0. The van der Waals surface area contributed by atoms with Crippen molar-refractivity contribution in [2.75, 3.05) is 11.4 Å². The smallest absolute Gasteiger partial charge is 0.260 e. The van der Waals surface area contributed by atoms with E-state index in [9.17, 15) is 9.59 Å². The number of primary amides is 1. The van der Waals surface area contributed by atoms with Gasteiger partial charge in [0.05, 0.1) is 24.3 Å². The van der Waals surface area contributed by atoms with Crippen LogP contribution in [0.5, 0.6) is 5.75 Å². The average Bonchev–Trinajstić information content (AvgIpc) is 2.85. The Balaban J connectivity index is 1.91. The minimum absolute atomic E-state index is 0.0918. The van der Waals surface area contributed by atoms with Crippen molar-refractivity contribution in [3.05, 3.63) is 41.3 Å². The standard InChI is InChI=1S/C16H17N3O4/c1-9-11(10(2)23-18-9)7-15(20)19-8-14(16(17)21)22-13-6-4-3-5-12(13)19/h3-6,14H,7-8H2,1-2H3,(H2,17,21). The van der Waals surface area contributed by atoms with Crippen LogP contribution < -0.4 is 15.4 Å². The van der Waals surface area contributed by atoms with Gasteiger partial charge >= 0.3 is 0 Å². The van der Waals surface area contributed by atoms with E-state index in [0.717, 1.165) is 5.56 Å². The number of aryl methyl sites for hydroxylation is 2. The predicted octanol–water partition coefficient (Wildman–Crippen LogP) is 1.11. The summed E-state index contributed by atoms with van der Waals surface area (Å²) in [5, 5.41) is 3.86. The van der Waals surface area contributed by atoms with Gasteiger partial charge in [0, 0.05) is 5.56 Å². The molecule has 3 rings (SSSR count). The van der Waals surface area contributed by atoms with Crippen molar-refractivity contribution in [1.82, 2.24) is 5.16 Å². The lowest BCUT2D eigenvalue weighted by Gasteiger charge is -2.33. The third kappa shape index (κ3) is 2.77. The van der Waals surface area contributed by atoms with Crippen LogP contribution in [0.25, 0.3) is 0 Å². The lowest BCUT2D eigenvalue weighted by Crippen LogP contribution is -2.49. The van der Waals surface area contributed by atoms with E-state index in [1.165, 1.54) is 4.90 Å². The second kappa shape index (κ2) is 5.75. The van der Waals surface area contributed by atoms with Gasteiger partial charge in [-0.3, -0.25) is 9.59 Å². The Morgan fingerprint density at radius 2 is 2.09 bits per heavy atom. The van der Waals surface area contributed by atoms with Crippen LogP contribution in [0.3, 0.4) is 0 Å². The van der Waals surface area contributed by atoms with Crippen LogP contribution in [-0.4, -0.2) is 29.6 Å². The van der Waals surface area contributed by atoms with Gasteiger partial charge in [0.2, 0.25) is 5.91 Å². The lowest BCUT2D eigenvalue weighted by molar-refractivity contribution is -0.125. The molecule has 1 aromatic heterocycles. The highest BCUT2D eigenvalue weighted by atomic mass is 16.5. The van der Waals surface area contributed by atoms with Crippen LogP contribution in [-0.2, 0) is 16.0 Å². The second-order valence-corrected chi connectivity index (χ2v) is 5.46. The fraction of sp³-hybridized carbons (Fsp3) is 0.312. The molecule has 0 saturated carbocycles. The van der Waals surface area contributed by atoms with E-state index >= 15 is 0 Å². The van der Waals surface area contributed by atoms with E-state index in [2.05, 4.69) is 5.16 Å². The Hall–Kier alpha value is -2.83. The van der Waals surface area contributed by atoms with E-state index in [1.807, 2.05) is 6.07 Å². The van der Waals surface area contributed by atoms with Crippen LogP contribution in [0.2, 0.25) is 0 Å². The summed E-state index contributed by atoms with van der Waals surface area (Å²) < 4.78 is 10.6. The van der Waals surface area contributed by atoms with E-state index < -0.39 is 12.0 Å². The number of carbonyl (C=O) groups is 2. The van der Waals surface area contributed by atoms with Crippen molar-refractivity contribution in [2.24, 2.45) is 5.73 Å². The summed E-state index contributed by atoms with van der Waals surface area (Å²) in [6, 6.07) is 7.07. The van der Waals surface area contributed by atoms with Crippen molar-refractivity contribution >= 4 is 17.5 Å². The number of benzene rings is 1. The normalized spacial score (nSPS) is 16.6. The number of hydrogen-bond donors (Lipinski definition) is 1. The molecule has 1 aliphatic rings. The number of para-hydroxylation sites is 2. The van der Waals surface area contributed by atoms with E-state index in [0.29, 0.717) is 22.9 Å². The second-order valence-electron chi connectivity index (χ2n) is 5.46. The minimum Gasteiger partial charge on any atom is -0.477 e. The number of aromatic nitrogens is 1. The van der Waals surface area contributed by atoms with Gasteiger partial charge in [0.1, 0.15) is 11.5 Å². The molecule has 23 heavy (non-hydrogen) atoms. The molecule has 1 aliphatic heterocycles. The molecule has 120 valence electrons. The number of amides is 2. The average molecular weight is 315 g/mol. The minimum atomic E-state index is -0.862. The molecule has 0 fully saturated rings. The highest BCUT2D eigenvalue weighted by Crippen LogP contribution is 2.33. The van der Waals surface area contributed by atoms with Crippen LogP contribution in [0.4, 0.5) is 5.69 Å². The molecule has 0 spiro atoms. The third-order valence-corrected chi connectivity index (χ3v) is 3.90. The molecule has 7 nitrogen and oxygen atoms in total. The van der Waals surface area contributed by atoms with Gasteiger partial charge < -0.3 is 19.9 Å². The summed E-state index contributed by atoms with van der Waals surface area (Å²) in [7, 11) is 0. The number of anilines is 1. The van der Waals surface area contributed by atoms with Crippen molar-refractivity contribution in [3.8, 4) is 5.75 Å². The summed E-state index contributed by atoms with van der Waals surface area (Å²) in [6.07, 6.45) is -0.723. The summed E-state index contributed by atoms with van der Waals surface area (Å²) in [6.45, 7) is 3.65. The Labute approximate surface area is 133 Å². The SMILES string of the molecule is Cc1noc(C)c1CC(=O)N1CC(C(N)=O)Oc2ccccc21. The zero-order chi connectivity index (χ0) is 16.6. The molecule has 2 amide bonds. The molecule has 0 aliphatic carbocycles. The Bertz CT molecular complexity index is 749. The van der Waals surface area contributed by atoms with Gasteiger partial charge in [0.25, 0.3) is 5.91 Å². The molecule has 1 atom stereocenters. The van der Waals surface area contributed by atoms with Crippen molar-refractivity contribution < 1.29 is 18.8 Å². The molecular formula is C16H17N3O4. The fourth-order valence-electron chi connectivity index (χ4n) is 2.62. The van der Waals surface area contributed by atoms with Crippen molar-refractivity contribution in [3.63, 3.8) is 0 Å². The van der Waals surface area contributed by atoms with Gasteiger partial charge in [-0.1, -0.05) is 17.3 Å². The van der Waals surface area contributed by atoms with Crippen LogP contribution >= 0.6 is 0 Å². The number of fused-ring (bicyclic) bond motifs is 1. The number of rotatable bonds is 3. The number of nitrogens with zero attached hydrogens (tertiary/aromatic N) is 2. The molecule has 0 radical (unpaired) electrons. The molecular weight excluding hydrogens is 298 g/mol. The number of carbonyl (C=O) groups excluding carboxylic acids is 2. The first-order valence-electron chi connectivity index (χ1n) is 7.24. The molecule has 1 unspecified atom stereocenters. The molecule has 2 heterocycles. The first kappa shape index (κ1) is 15.1. The highest BCUT2D eigenvalue weighted by molar-refractivity contribution is 5.98. The number of nitrogens with two attached hydrogens (primary N) is 1. The summed E-state index contributed by atoms with van der Waals surface area (Å²) in [5.41, 5.74) is 7.41. The van der Waals surface area contributed by atoms with Gasteiger partial charge in [-0.2, -0.15) is 0 Å².